The van der Waals surface area contributed by atoms with E-state index in [4.69, 9.17) is 9.72 Å². The topological polar surface area (TPSA) is 33.5 Å². The minimum absolute atomic E-state index is 0. The summed E-state index contributed by atoms with van der Waals surface area (Å²) in [6.07, 6.45) is 2.06. The van der Waals surface area contributed by atoms with Crippen molar-refractivity contribution in [2.24, 2.45) is 0 Å². The molecule has 0 unspecified atom stereocenters. The van der Waals surface area contributed by atoms with Crippen LogP contribution >= 0.6 is 0 Å². The summed E-state index contributed by atoms with van der Waals surface area (Å²) in [4.78, 5) is 9.83. The first-order valence-electron chi connectivity index (χ1n) is 26.8. The molecule has 0 atom stereocenters. The van der Waals surface area contributed by atoms with E-state index in [1.165, 1.54) is 22.3 Å². The maximum atomic E-state index is 6.85. The average Bonchev–Trinajstić information content (AvgIpc) is 4.15. The van der Waals surface area contributed by atoms with Crippen LogP contribution in [0.25, 0.3) is 72.1 Å². The van der Waals surface area contributed by atoms with Crippen LogP contribution < -0.4 is 14.5 Å². The molecule has 5 nitrogen and oxygen atoms in total. The first-order valence-corrected chi connectivity index (χ1v) is 26.8. The number of para-hydroxylation sites is 3. The number of rotatable bonds is 9. The smallest absolute Gasteiger partial charge is 0.135 e. The molecule has 0 spiro atoms. The van der Waals surface area contributed by atoms with Crippen molar-refractivity contribution in [2.75, 3.05) is 9.80 Å². The van der Waals surface area contributed by atoms with Crippen molar-refractivity contribution in [3.63, 3.8) is 0 Å². The van der Waals surface area contributed by atoms with Gasteiger partial charge in [0.25, 0.3) is 0 Å². The second-order valence-corrected chi connectivity index (χ2v) is 23.4. The van der Waals surface area contributed by atoms with Crippen LogP contribution in [0.2, 0.25) is 0 Å². The van der Waals surface area contributed by atoms with Crippen LogP contribution in [0.5, 0.6) is 11.5 Å². The van der Waals surface area contributed by atoms with E-state index < -0.39 is 0 Å². The van der Waals surface area contributed by atoms with E-state index in [0.29, 0.717) is 11.5 Å². The molecule has 12 rings (SSSR count). The first kappa shape index (κ1) is 52.1. The molecule has 0 radical (unpaired) electrons. The Kier molecular flexibility index (Phi) is 13.6. The van der Waals surface area contributed by atoms with Gasteiger partial charge in [0.05, 0.1) is 0 Å². The number of benzene rings is 9. The molecule has 390 valence electrons. The fourth-order valence-electron chi connectivity index (χ4n) is 10.9. The van der Waals surface area contributed by atoms with Gasteiger partial charge in [0.2, 0.25) is 0 Å². The van der Waals surface area contributed by atoms with Crippen LogP contribution in [0.3, 0.4) is 0 Å². The van der Waals surface area contributed by atoms with Gasteiger partial charge in [0.1, 0.15) is 5.82 Å². The van der Waals surface area contributed by atoms with Gasteiger partial charge in [0, 0.05) is 78.0 Å². The van der Waals surface area contributed by atoms with E-state index in [2.05, 4.69) is 290 Å². The molecule has 1 aliphatic heterocycles. The van der Waals surface area contributed by atoms with Gasteiger partial charge in [0.15, 0.2) is 0 Å². The van der Waals surface area contributed by atoms with Gasteiger partial charge in [-0.05, 0) is 90.4 Å². The second-order valence-electron chi connectivity index (χ2n) is 23.4. The summed E-state index contributed by atoms with van der Waals surface area (Å²) in [6.45, 7) is 22.6. The number of pyridine rings is 1. The van der Waals surface area contributed by atoms with Crippen LogP contribution in [0, 0.1) is 18.8 Å². The van der Waals surface area contributed by atoms with Gasteiger partial charge in [-0.3, -0.25) is 0 Å². The molecule has 2 aromatic heterocycles. The zero-order valence-corrected chi connectivity index (χ0v) is 48.1. The van der Waals surface area contributed by atoms with Gasteiger partial charge in [-0.25, -0.2) is 4.98 Å². The van der Waals surface area contributed by atoms with Crippen LogP contribution in [-0.2, 0) is 37.3 Å². The Labute approximate surface area is 475 Å². The molecule has 0 amide bonds. The molecular formula is C72H63N4OPt-3. The third-order valence-electron chi connectivity index (χ3n) is 15.0. The molecule has 6 heteroatoms. The Balaban J connectivity index is 0.00000645. The maximum absolute atomic E-state index is 6.85. The molecule has 0 saturated heterocycles. The SMILES string of the molecule is CC(C)(C)c1ccc(-c2ccc3c(c2)c2ccc(Oc4[c-]c(N5[CH-]N(c6c(-c7ccccc7)cccc6-c6ccccc6)c6ccccc65)ccc4)[c-]c2n3-c2cc(C(C)(C)C)c(-c3ccc(C(C)(C)C)cc3)cn2)cc1.[Pt]. The zero-order valence-electron chi connectivity index (χ0n) is 45.8. The van der Waals surface area contributed by atoms with E-state index in [-0.39, 0.29) is 37.3 Å². The molecule has 1 aliphatic rings. The second kappa shape index (κ2) is 20.4. The van der Waals surface area contributed by atoms with Crippen LogP contribution in [0.1, 0.15) is 79.0 Å². The fraction of sp³-hybridized carbons (Fsp3) is 0.167. The number of hydrogen-bond acceptors (Lipinski definition) is 4. The molecule has 11 aromatic rings. The number of aromatic nitrogens is 2. The van der Waals surface area contributed by atoms with Crippen molar-refractivity contribution in [1.82, 2.24) is 9.55 Å². The summed E-state index contributed by atoms with van der Waals surface area (Å²) in [5, 5.41) is 2.18. The number of nitrogens with zero attached hydrogens (tertiary/aromatic N) is 4. The van der Waals surface area contributed by atoms with Crippen molar-refractivity contribution in [1.29, 1.82) is 0 Å². The summed E-state index contributed by atoms with van der Waals surface area (Å²) in [6, 6.07) is 81.2. The summed E-state index contributed by atoms with van der Waals surface area (Å²) in [5.41, 5.74) is 19.0. The minimum atomic E-state index is -0.181. The Morgan fingerprint density at radius 1 is 0.436 bits per heavy atom. The summed E-state index contributed by atoms with van der Waals surface area (Å²) in [5.74, 6) is 1.98. The molecule has 0 fully saturated rings. The number of fused-ring (bicyclic) bond motifs is 4. The maximum Gasteiger partial charge on any atom is 0.135 e. The third-order valence-corrected chi connectivity index (χ3v) is 15.0. The largest absolute Gasteiger partial charge is 0.509 e. The summed E-state index contributed by atoms with van der Waals surface area (Å²) < 4.78 is 9.11. The predicted octanol–water partition coefficient (Wildman–Crippen LogP) is 19.5. The van der Waals surface area contributed by atoms with Crippen molar-refractivity contribution in [2.45, 2.75) is 78.6 Å². The van der Waals surface area contributed by atoms with E-state index in [1.54, 1.807) is 0 Å². The van der Waals surface area contributed by atoms with Gasteiger partial charge >= 0.3 is 0 Å². The Morgan fingerprint density at radius 3 is 1.58 bits per heavy atom. The van der Waals surface area contributed by atoms with E-state index in [0.717, 1.165) is 89.3 Å². The van der Waals surface area contributed by atoms with Crippen molar-refractivity contribution >= 4 is 44.6 Å². The van der Waals surface area contributed by atoms with E-state index >= 15 is 0 Å². The molecule has 78 heavy (non-hydrogen) atoms. The van der Waals surface area contributed by atoms with Crippen LogP contribution in [0.15, 0.2) is 212 Å². The first-order chi connectivity index (χ1) is 37.1. The minimum Gasteiger partial charge on any atom is -0.509 e. The zero-order chi connectivity index (χ0) is 53.2. The fourth-order valence-corrected chi connectivity index (χ4v) is 10.9. The summed E-state index contributed by atoms with van der Waals surface area (Å²) >= 11 is 0. The molecular weight excluding hydrogens is 1130 g/mol. The Bertz CT molecular complexity index is 3910. The predicted molar refractivity (Wildman–Crippen MR) is 322 cm³/mol. The summed E-state index contributed by atoms with van der Waals surface area (Å²) in [7, 11) is 0. The molecule has 3 heterocycles. The Hall–Kier alpha value is -7.98. The quantitative estimate of drug-likeness (QED) is 0.135. The standard InChI is InChI=1S/C72H63N4O.Pt/c1-70(2,3)53-35-30-48(31-36-53)52-34-41-64-61(42-52)60-40-39-57(44-67(60)76(64)68-45-63(72(7,8)9)62(46-73-68)51-32-37-54(38-33-51)71(4,5)6)77-56-25-18-24-55(43-56)74-47-75(66-29-17-16-28-65(66)74)69-58(49-20-12-10-13-21-49)26-19-27-59(69)50-22-14-11-15-23-50;/h10-42,45-47H,1-9H3;/q-3;. The number of anilines is 4. The van der Waals surface area contributed by atoms with Crippen molar-refractivity contribution in [3.05, 3.63) is 248 Å². The van der Waals surface area contributed by atoms with E-state index in [9.17, 15) is 0 Å². The number of hydrogen-bond donors (Lipinski definition) is 0. The van der Waals surface area contributed by atoms with Gasteiger partial charge < -0.3 is 19.1 Å². The number of ether oxygens (including phenoxy) is 1. The molecule has 0 saturated carbocycles. The molecule has 9 aromatic carbocycles. The van der Waals surface area contributed by atoms with Gasteiger partial charge in [-0.1, -0.05) is 219 Å². The molecule has 0 aliphatic carbocycles. The molecule has 0 bridgehead atoms. The Morgan fingerprint density at radius 2 is 0.974 bits per heavy atom. The van der Waals surface area contributed by atoms with Gasteiger partial charge in [-0.2, -0.15) is 12.1 Å². The van der Waals surface area contributed by atoms with Crippen molar-refractivity contribution in [3.8, 4) is 61.8 Å². The third kappa shape index (κ3) is 9.86. The normalized spacial score (nSPS) is 12.7. The monoisotopic (exact) mass is 1190 g/mol. The van der Waals surface area contributed by atoms with E-state index in [1.807, 2.05) is 18.2 Å². The molecule has 0 N–H and O–H groups in total. The van der Waals surface area contributed by atoms with Crippen LogP contribution in [0.4, 0.5) is 22.7 Å². The van der Waals surface area contributed by atoms with Crippen LogP contribution in [-0.4, -0.2) is 9.55 Å². The van der Waals surface area contributed by atoms with Gasteiger partial charge in [-0.15, -0.1) is 48.1 Å². The van der Waals surface area contributed by atoms with Crippen molar-refractivity contribution < 1.29 is 25.8 Å². The average molecular weight is 1200 g/mol.